The number of nitrogens with one attached hydrogen (secondary N) is 1. The molecular weight excluding hydrogens is 334 g/mol. The zero-order valence-corrected chi connectivity index (χ0v) is 14.2. The van der Waals surface area contributed by atoms with Gasteiger partial charge in [0.2, 0.25) is 0 Å². The smallest absolute Gasteiger partial charge is 0.382 e. The lowest BCUT2D eigenvalue weighted by atomic mass is 9.91. The molecule has 25 heavy (non-hydrogen) atoms. The number of halogens is 4. The number of anilines is 2. The Kier molecular flexibility index (Phi) is 5.41. The molecule has 0 amide bonds. The lowest BCUT2D eigenvalue weighted by Crippen LogP contribution is -2.39. The average molecular weight is 359 g/mol. The fraction of sp³-hybridized carbons (Fsp3) is 0.667. The molecule has 7 heteroatoms. The summed E-state index contributed by atoms with van der Waals surface area (Å²) in [6.07, 6.45) is -0.249. The summed E-state index contributed by atoms with van der Waals surface area (Å²) in [4.78, 5) is 1.71. The first-order valence-corrected chi connectivity index (χ1v) is 8.96. The van der Waals surface area contributed by atoms with Crippen LogP contribution in [0.15, 0.2) is 18.2 Å². The molecule has 3 rings (SSSR count). The van der Waals surface area contributed by atoms with Crippen molar-refractivity contribution in [2.45, 2.75) is 56.8 Å². The maximum atomic E-state index is 14.5. The molecule has 0 radical (unpaired) electrons. The second-order valence-electron chi connectivity index (χ2n) is 7.23. The monoisotopic (exact) mass is 359 g/mol. The molecule has 1 heterocycles. The zero-order valence-electron chi connectivity index (χ0n) is 14.2. The number of rotatable bonds is 3. The van der Waals surface area contributed by atoms with Gasteiger partial charge in [0.05, 0.1) is 11.6 Å². The van der Waals surface area contributed by atoms with Gasteiger partial charge in [-0.25, -0.2) is 4.39 Å². The van der Waals surface area contributed by atoms with Gasteiger partial charge in [-0.1, -0.05) is 0 Å². The summed E-state index contributed by atoms with van der Waals surface area (Å²) < 4.78 is 52.7. The average Bonchev–Trinajstić information content (AvgIpc) is 2.56. The number of benzene rings is 1. The van der Waals surface area contributed by atoms with Crippen molar-refractivity contribution < 1.29 is 17.6 Å². The molecule has 140 valence electrons. The van der Waals surface area contributed by atoms with Crippen LogP contribution in [0.5, 0.6) is 0 Å². The van der Waals surface area contributed by atoms with E-state index in [9.17, 15) is 17.6 Å². The van der Waals surface area contributed by atoms with Crippen molar-refractivity contribution in [1.82, 2.24) is 0 Å². The van der Waals surface area contributed by atoms with Crippen LogP contribution in [0.4, 0.5) is 28.9 Å². The van der Waals surface area contributed by atoms with Crippen LogP contribution in [-0.4, -0.2) is 31.3 Å². The van der Waals surface area contributed by atoms with Gasteiger partial charge < -0.3 is 16.0 Å². The van der Waals surface area contributed by atoms with E-state index < -0.39 is 12.1 Å². The summed E-state index contributed by atoms with van der Waals surface area (Å²) in [5.41, 5.74) is 6.99. The highest BCUT2D eigenvalue weighted by atomic mass is 19.4. The minimum Gasteiger partial charge on any atom is -0.382 e. The molecule has 2 aliphatic rings. The Labute approximate surface area is 145 Å². The molecule has 0 unspecified atom stereocenters. The van der Waals surface area contributed by atoms with Crippen molar-refractivity contribution in [3.05, 3.63) is 24.0 Å². The first-order chi connectivity index (χ1) is 11.8. The van der Waals surface area contributed by atoms with E-state index in [-0.39, 0.29) is 37.8 Å². The first kappa shape index (κ1) is 18.3. The van der Waals surface area contributed by atoms with E-state index in [1.165, 1.54) is 6.07 Å². The summed E-state index contributed by atoms with van der Waals surface area (Å²) in [6, 6.07) is 5.48. The number of alkyl halides is 3. The molecule has 2 fully saturated rings. The van der Waals surface area contributed by atoms with E-state index in [0.717, 1.165) is 25.7 Å². The van der Waals surface area contributed by atoms with Gasteiger partial charge in [-0.15, -0.1) is 0 Å². The first-order valence-electron chi connectivity index (χ1n) is 8.96. The van der Waals surface area contributed by atoms with Crippen molar-refractivity contribution in [3.8, 4) is 0 Å². The summed E-state index contributed by atoms with van der Waals surface area (Å²) in [5, 5.41) is 3.34. The van der Waals surface area contributed by atoms with Crippen LogP contribution in [0.2, 0.25) is 0 Å². The Morgan fingerprint density at radius 3 is 2.20 bits per heavy atom. The standard InChI is InChI=1S/C18H25F4N3/c19-16-11-15(24-14-3-1-13(23)2-4-14)5-6-17(16)25-9-7-12(8-10-25)18(20,21)22/h5-6,11-14,24H,1-4,7-10,23H2. The third-order valence-electron chi connectivity index (χ3n) is 5.39. The van der Waals surface area contributed by atoms with Gasteiger partial charge in [0, 0.05) is 30.9 Å². The minimum absolute atomic E-state index is 0.0191. The molecule has 0 bridgehead atoms. The van der Waals surface area contributed by atoms with E-state index in [1.807, 2.05) is 6.07 Å². The van der Waals surface area contributed by atoms with Gasteiger partial charge in [0.1, 0.15) is 5.82 Å². The maximum absolute atomic E-state index is 14.5. The van der Waals surface area contributed by atoms with Crippen LogP contribution < -0.4 is 16.0 Å². The second-order valence-corrected chi connectivity index (χ2v) is 7.23. The molecule has 1 aliphatic carbocycles. The summed E-state index contributed by atoms with van der Waals surface area (Å²) in [6.45, 7) is 0.461. The fourth-order valence-corrected chi connectivity index (χ4v) is 3.80. The van der Waals surface area contributed by atoms with Gasteiger partial charge in [-0.05, 0) is 56.7 Å². The predicted molar refractivity (Wildman–Crippen MR) is 91.2 cm³/mol. The number of nitrogens with two attached hydrogens (primary N) is 1. The topological polar surface area (TPSA) is 41.3 Å². The molecule has 0 spiro atoms. The summed E-state index contributed by atoms with van der Waals surface area (Å²) >= 11 is 0. The number of hydrogen-bond donors (Lipinski definition) is 2. The minimum atomic E-state index is -4.15. The SMILES string of the molecule is NC1CCC(Nc2ccc(N3CCC(C(F)(F)F)CC3)c(F)c2)CC1. The van der Waals surface area contributed by atoms with Gasteiger partial charge in [0.25, 0.3) is 0 Å². The van der Waals surface area contributed by atoms with Crippen LogP contribution in [0.25, 0.3) is 0 Å². The molecule has 1 aliphatic heterocycles. The van der Waals surface area contributed by atoms with E-state index >= 15 is 0 Å². The highest BCUT2D eigenvalue weighted by molar-refractivity contribution is 5.57. The van der Waals surface area contributed by atoms with E-state index in [1.54, 1.807) is 11.0 Å². The fourth-order valence-electron chi connectivity index (χ4n) is 3.80. The third kappa shape index (κ3) is 4.57. The molecule has 3 nitrogen and oxygen atoms in total. The Bertz CT molecular complexity index is 574. The van der Waals surface area contributed by atoms with Crippen molar-refractivity contribution in [1.29, 1.82) is 0 Å². The molecule has 0 atom stereocenters. The molecule has 0 aromatic heterocycles. The molecule has 1 aromatic rings. The van der Waals surface area contributed by atoms with Crippen molar-refractivity contribution in [2.24, 2.45) is 11.7 Å². The van der Waals surface area contributed by atoms with Crippen LogP contribution in [0.1, 0.15) is 38.5 Å². The van der Waals surface area contributed by atoms with E-state index in [4.69, 9.17) is 5.73 Å². The number of nitrogens with zero attached hydrogens (tertiary/aromatic N) is 1. The third-order valence-corrected chi connectivity index (χ3v) is 5.39. The van der Waals surface area contributed by atoms with Crippen molar-refractivity contribution in [2.75, 3.05) is 23.3 Å². The molecular formula is C18H25F4N3. The number of piperidine rings is 1. The molecule has 1 aromatic carbocycles. The van der Waals surface area contributed by atoms with Crippen LogP contribution in [0, 0.1) is 11.7 Å². The molecule has 1 saturated carbocycles. The highest BCUT2D eigenvalue weighted by Crippen LogP contribution is 2.36. The Morgan fingerprint density at radius 1 is 1.00 bits per heavy atom. The van der Waals surface area contributed by atoms with E-state index in [2.05, 4.69) is 5.32 Å². The van der Waals surface area contributed by atoms with Crippen LogP contribution in [0.3, 0.4) is 0 Å². The second kappa shape index (κ2) is 7.40. The maximum Gasteiger partial charge on any atom is 0.391 e. The lowest BCUT2D eigenvalue weighted by molar-refractivity contribution is -0.179. The van der Waals surface area contributed by atoms with Crippen LogP contribution in [-0.2, 0) is 0 Å². The Morgan fingerprint density at radius 2 is 1.64 bits per heavy atom. The lowest BCUT2D eigenvalue weighted by Gasteiger charge is -2.34. The normalized spacial score (nSPS) is 25.9. The van der Waals surface area contributed by atoms with Gasteiger partial charge in [0.15, 0.2) is 0 Å². The predicted octanol–water partition coefficient (Wildman–Crippen LogP) is 4.29. The van der Waals surface area contributed by atoms with Crippen molar-refractivity contribution in [3.63, 3.8) is 0 Å². The summed E-state index contributed by atoms with van der Waals surface area (Å²) in [7, 11) is 0. The molecule has 3 N–H and O–H groups in total. The quantitative estimate of drug-likeness (QED) is 0.791. The zero-order chi connectivity index (χ0) is 18.0. The van der Waals surface area contributed by atoms with Gasteiger partial charge in [-0.3, -0.25) is 0 Å². The van der Waals surface area contributed by atoms with Gasteiger partial charge >= 0.3 is 6.18 Å². The summed E-state index contributed by atoms with van der Waals surface area (Å²) in [5.74, 6) is -1.66. The van der Waals surface area contributed by atoms with E-state index in [0.29, 0.717) is 17.4 Å². The Hall–Kier alpha value is -1.50. The highest BCUT2D eigenvalue weighted by Gasteiger charge is 2.41. The number of hydrogen-bond acceptors (Lipinski definition) is 3. The van der Waals surface area contributed by atoms with Crippen molar-refractivity contribution >= 4 is 11.4 Å². The molecule has 1 saturated heterocycles. The Balaban J connectivity index is 1.59. The van der Waals surface area contributed by atoms with Gasteiger partial charge in [-0.2, -0.15) is 13.2 Å². The van der Waals surface area contributed by atoms with Crippen LogP contribution >= 0.6 is 0 Å². The largest absolute Gasteiger partial charge is 0.391 e.